The third kappa shape index (κ3) is 8.99. The summed E-state index contributed by atoms with van der Waals surface area (Å²) in [6, 6.07) is 31.5. The Hall–Kier alpha value is -3.96. The minimum absolute atomic E-state index is 0.113. The van der Waals surface area contributed by atoms with E-state index in [1.807, 2.05) is 73.8 Å². The Kier molecular flexibility index (Phi) is 12.7. The van der Waals surface area contributed by atoms with Crippen LogP contribution in [0.15, 0.2) is 108 Å². The van der Waals surface area contributed by atoms with Gasteiger partial charge in [0.15, 0.2) is 0 Å². The van der Waals surface area contributed by atoms with Crippen LogP contribution in [0.5, 0.6) is 0 Å². The second-order valence-electron chi connectivity index (χ2n) is 12.2. The second-order valence-corrected chi connectivity index (χ2v) is 15.1. The number of thioether (sulfide) groups is 1. The minimum atomic E-state index is -3.56. The van der Waals surface area contributed by atoms with Crippen molar-refractivity contribution in [1.82, 2.24) is 9.62 Å². The summed E-state index contributed by atoms with van der Waals surface area (Å²) < 4.78 is 39.8. The first-order chi connectivity index (χ1) is 23.7. The van der Waals surface area contributed by atoms with Crippen molar-refractivity contribution in [2.45, 2.75) is 49.8 Å². The highest BCUT2D eigenvalue weighted by Gasteiger charge is 2.34. The molecule has 4 aromatic rings. The number of hydrogen-bond donors (Lipinski definition) is 1. The number of carbonyl (C=O) groups is 2. The van der Waals surface area contributed by atoms with Gasteiger partial charge in [0.1, 0.15) is 6.04 Å². The van der Waals surface area contributed by atoms with E-state index in [2.05, 4.69) is 17.4 Å². The van der Waals surface area contributed by atoms with Crippen molar-refractivity contribution in [3.63, 3.8) is 0 Å². The molecular formula is C39H44N2O6S2. The van der Waals surface area contributed by atoms with E-state index in [9.17, 15) is 18.0 Å². The average Bonchev–Trinajstić information content (AvgIpc) is 3.14. The number of methoxy groups -OCH3 is 1. The normalized spacial score (nSPS) is 15.3. The topological polar surface area (TPSA) is 102 Å². The van der Waals surface area contributed by atoms with Gasteiger partial charge in [-0.1, -0.05) is 78.9 Å². The van der Waals surface area contributed by atoms with Gasteiger partial charge in [-0.3, -0.25) is 4.79 Å². The number of esters is 1. The van der Waals surface area contributed by atoms with Crippen LogP contribution in [0, 0.1) is 12.8 Å². The standard InChI is InChI=1S/C39H44N2O6S2/c1-28-12-10-11-17-33(28)35-26-29(18-19-34(35)38(42)40-36(22-25-48-3)39(43)46-2)27-47-37(30-13-6-4-7-14-30)31-20-23-41(24-21-31)49(44,45)32-15-8-5-9-16-32/h4-19,26,31,36-37H,20-25,27H2,1-3H3,(H,40,42). The van der Waals surface area contributed by atoms with Gasteiger partial charge in [0, 0.05) is 18.7 Å². The summed E-state index contributed by atoms with van der Waals surface area (Å²) in [5, 5.41) is 2.90. The van der Waals surface area contributed by atoms with Crippen LogP contribution in [0.4, 0.5) is 0 Å². The average molecular weight is 701 g/mol. The van der Waals surface area contributed by atoms with E-state index in [0.29, 0.717) is 55.2 Å². The Morgan fingerprint density at radius 1 is 0.898 bits per heavy atom. The van der Waals surface area contributed by atoms with Crippen LogP contribution in [0.3, 0.4) is 0 Å². The number of sulfonamides is 1. The molecule has 0 saturated carbocycles. The SMILES string of the molecule is COC(=O)C(CCSC)NC(=O)c1ccc(COC(c2ccccc2)C2CCN(S(=O)(=O)c3ccccc3)CC2)cc1-c1ccccc1C. The molecule has 1 fully saturated rings. The fraction of sp³-hybridized carbons (Fsp3) is 0.333. The number of ether oxygens (including phenoxy) is 2. The van der Waals surface area contributed by atoms with E-state index in [1.54, 1.807) is 46.4 Å². The van der Waals surface area contributed by atoms with Crippen LogP contribution >= 0.6 is 11.8 Å². The molecule has 1 saturated heterocycles. The third-order valence-corrected chi connectivity index (χ3v) is 11.6. The van der Waals surface area contributed by atoms with E-state index >= 15 is 0 Å². The molecule has 0 bridgehead atoms. The van der Waals surface area contributed by atoms with Gasteiger partial charge in [0.05, 0.1) is 24.7 Å². The summed E-state index contributed by atoms with van der Waals surface area (Å²) >= 11 is 1.60. The van der Waals surface area contributed by atoms with Gasteiger partial charge in [-0.15, -0.1) is 0 Å². The zero-order valence-electron chi connectivity index (χ0n) is 28.2. The zero-order valence-corrected chi connectivity index (χ0v) is 29.8. The molecule has 1 N–H and O–H groups in total. The van der Waals surface area contributed by atoms with Gasteiger partial charge in [-0.2, -0.15) is 16.1 Å². The summed E-state index contributed by atoms with van der Waals surface area (Å²) in [6.45, 7) is 3.13. The lowest BCUT2D eigenvalue weighted by Gasteiger charge is -2.35. The maximum atomic E-state index is 13.7. The van der Waals surface area contributed by atoms with Crippen molar-refractivity contribution in [1.29, 1.82) is 0 Å². The molecule has 1 aliphatic rings. The number of benzene rings is 4. The van der Waals surface area contributed by atoms with Crippen molar-refractivity contribution >= 4 is 33.7 Å². The zero-order chi connectivity index (χ0) is 34.8. The maximum Gasteiger partial charge on any atom is 0.328 e. The molecule has 1 aliphatic heterocycles. The maximum absolute atomic E-state index is 13.7. The lowest BCUT2D eigenvalue weighted by molar-refractivity contribution is -0.142. The summed E-state index contributed by atoms with van der Waals surface area (Å²) in [7, 11) is -2.24. The number of nitrogens with zero attached hydrogens (tertiary/aromatic N) is 1. The van der Waals surface area contributed by atoms with E-state index < -0.39 is 22.0 Å². The number of carbonyl (C=O) groups excluding carboxylic acids is 2. The van der Waals surface area contributed by atoms with Crippen molar-refractivity contribution in [3.05, 3.63) is 125 Å². The summed E-state index contributed by atoms with van der Waals surface area (Å²) in [6.07, 6.45) is 3.50. The Morgan fingerprint density at radius 2 is 1.55 bits per heavy atom. The minimum Gasteiger partial charge on any atom is -0.467 e. The number of amides is 1. The first-order valence-corrected chi connectivity index (χ1v) is 19.3. The fourth-order valence-electron chi connectivity index (χ4n) is 6.33. The predicted octanol–water partition coefficient (Wildman–Crippen LogP) is 7.05. The second kappa shape index (κ2) is 17.1. The smallest absolute Gasteiger partial charge is 0.328 e. The Bertz CT molecular complexity index is 1810. The largest absolute Gasteiger partial charge is 0.467 e. The molecule has 2 unspecified atom stereocenters. The van der Waals surface area contributed by atoms with Gasteiger partial charge >= 0.3 is 5.97 Å². The molecule has 258 valence electrons. The molecule has 0 spiro atoms. The molecule has 8 nitrogen and oxygen atoms in total. The number of nitrogens with one attached hydrogen (secondary N) is 1. The van der Waals surface area contributed by atoms with Crippen molar-refractivity contribution < 1.29 is 27.5 Å². The van der Waals surface area contributed by atoms with Crippen molar-refractivity contribution in [2.75, 3.05) is 32.2 Å². The first kappa shape index (κ1) is 36.3. The molecule has 1 heterocycles. The lowest BCUT2D eigenvalue weighted by Crippen LogP contribution is -2.42. The van der Waals surface area contributed by atoms with Crippen molar-refractivity contribution in [3.8, 4) is 11.1 Å². The molecule has 5 rings (SSSR count). The number of hydrogen-bond acceptors (Lipinski definition) is 7. The fourth-order valence-corrected chi connectivity index (χ4v) is 8.30. The highest BCUT2D eigenvalue weighted by Crippen LogP contribution is 2.37. The van der Waals surface area contributed by atoms with Crippen LogP contribution in [0.25, 0.3) is 11.1 Å². The van der Waals surface area contributed by atoms with Crippen molar-refractivity contribution in [2.24, 2.45) is 5.92 Å². The van der Waals surface area contributed by atoms with E-state index in [4.69, 9.17) is 9.47 Å². The molecule has 4 aromatic carbocycles. The number of rotatable bonds is 14. The van der Waals surface area contributed by atoms with Gasteiger partial charge in [-0.05, 0) is 96.2 Å². The van der Waals surface area contributed by atoms with Crippen LogP contribution < -0.4 is 5.32 Å². The van der Waals surface area contributed by atoms with Crippen LogP contribution in [-0.2, 0) is 30.9 Å². The van der Waals surface area contributed by atoms with Crippen LogP contribution in [0.2, 0.25) is 0 Å². The third-order valence-electron chi connectivity index (χ3n) is 9.03. The highest BCUT2D eigenvalue weighted by molar-refractivity contribution is 7.98. The monoisotopic (exact) mass is 700 g/mol. The molecule has 49 heavy (non-hydrogen) atoms. The molecule has 2 atom stereocenters. The summed E-state index contributed by atoms with van der Waals surface area (Å²) in [5.41, 5.74) is 5.08. The van der Waals surface area contributed by atoms with Gasteiger partial charge < -0.3 is 14.8 Å². The van der Waals surface area contributed by atoms with Crippen LogP contribution in [-0.4, -0.2) is 62.8 Å². The molecule has 0 radical (unpaired) electrons. The Balaban J connectivity index is 1.37. The van der Waals surface area contributed by atoms with E-state index in [1.165, 1.54) is 7.11 Å². The Morgan fingerprint density at radius 3 is 2.20 bits per heavy atom. The molecule has 1 amide bonds. The summed E-state index contributed by atoms with van der Waals surface area (Å²) in [5.74, 6) is -0.00484. The van der Waals surface area contributed by atoms with Gasteiger partial charge in [0.2, 0.25) is 10.0 Å². The molecule has 0 aliphatic carbocycles. The van der Waals surface area contributed by atoms with E-state index in [-0.39, 0.29) is 17.9 Å². The van der Waals surface area contributed by atoms with Gasteiger partial charge in [0.25, 0.3) is 5.91 Å². The molecule has 0 aromatic heterocycles. The number of piperidine rings is 1. The summed E-state index contributed by atoms with van der Waals surface area (Å²) in [4.78, 5) is 26.5. The first-order valence-electron chi connectivity index (χ1n) is 16.5. The molecular weight excluding hydrogens is 657 g/mol. The number of aryl methyl sites for hydroxylation is 1. The van der Waals surface area contributed by atoms with Crippen LogP contribution in [0.1, 0.15) is 52.4 Å². The molecule has 10 heteroatoms. The van der Waals surface area contributed by atoms with E-state index in [0.717, 1.165) is 27.8 Å². The highest BCUT2D eigenvalue weighted by atomic mass is 32.2. The lowest BCUT2D eigenvalue weighted by atomic mass is 9.88. The predicted molar refractivity (Wildman–Crippen MR) is 195 cm³/mol. The van der Waals surface area contributed by atoms with Gasteiger partial charge in [-0.25, -0.2) is 13.2 Å². The Labute approximate surface area is 294 Å². The quantitative estimate of drug-likeness (QED) is 0.141.